The van der Waals surface area contributed by atoms with Crippen LogP contribution in [0.1, 0.15) is 0 Å². The molecule has 0 atom stereocenters. The summed E-state index contributed by atoms with van der Waals surface area (Å²) in [6, 6.07) is 0. The Morgan fingerprint density at radius 2 is 2.00 bits per heavy atom. The van der Waals surface area contributed by atoms with E-state index in [2.05, 4.69) is 13.1 Å². The maximum absolute atomic E-state index is 5.38. The van der Waals surface area contributed by atoms with Crippen molar-refractivity contribution in [2.75, 3.05) is 6.61 Å². The number of hydrogen-bond donors (Lipinski definition) is 0. The maximum Gasteiger partial charge on any atom is 0.171 e. The first kappa shape index (κ1) is 8.76. The van der Waals surface area contributed by atoms with Gasteiger partial charge in [0.15, 0.2) is 9.04 Å². The van der Waals surface area contributed by atoms with E-state index in [-0.39, 0.29) is 4.84 Å². The van der Waals surface area contributed by atoms with Gasteiger partial charge in [-0.3, -0.25) is 0 Å². The zero-order chi connectivity index (χ0) is 6.57. The number of rotatable bonds is 3. The standard InChI is InChI=1S/C4H10Cl2OSi/c1-8(2)7-3-4(5)6/h4,8H,3H2,1-2H3. The summed E-state index contributed by atoms with van der Waals surface area (Å²) < 4.78 is 5.18. The van der Waals surface area contributed by atoms with Gasteiger partial charge >= 0.3 is 0 Å². The highest BCUT2D eigenvalue weighted by molar-refractivity contribution is 6.49. The fraction of sp³-hybridized carbons (Fsp3) is 1.00. The number of hydrogen-bond acceptors (Lipinski definition) is 1. The highest BCUT2D eigenvalue weighted by atomic mass is 35.5. The van der Waals surface area contributed by atoms with Gasteiger partial charge in [-0.2, -0.15) is 0 Å². The van der Waals surface area contributed by atoms with Crippen LogP contribution in [0.3, 0.4) is 0 Å². The molecule has 0 aromatic heterocycles. The molecule has 0 spiro atoms. The lowest BCUT2D eigenvalue weighted by Crippen LogP contribution is -2.12. The predicted molar refractivity (Wildman–Crippen MR) is 40.3 cm³/mol. The Morgan fingerprint density at radius 3 is 2.12 bits per heavy atom. The summed E-state index contributed by atoms with van der Waals surface area (Å²) >= 11 is 10.8. The van der Waals surface area contributed by atoms with Gasteiger partial charge in [0.2, 0.25) is 0 Å². The van der Waals surface area contributed by atoms with Crippen molar-refractivity contribution in [2.24, 2.45) is 0 Å². The lowest BCUT2D eigenvalue weighted by atomic mass is 10.9. The van der Waals surface area contributed by atoms with Crippen molar-refractivity contribution in [1.82, 2.24) is 0 Å². The first-order chi connectivity index (χ1) is 3.63. The lowest BCUT2D eigenvalue weighted by molar-refractivity contribution is 0.344. The molecule has 0 aliphatic carbocycles. The van der Waals surface area contributed by atoms with E-state index in [1.807, 2.05) is 0 Å². The van der Waals surface area contributed by atoms with Gasteiger partial charge in [-0.05, 0) is 13.1 Å². The third-order valence-electron chi connectivity index (χ3n) is 0.556. The van der Waals surface area contributed by atoms with Crippen LogP contribution < -0.4 is 0 Å². The molecule has 4 heteroatoms. The van der Waals surface area contributed by atoms with Crippen LogP contribution in [0.15, 0.2) is 0 Å². The van der Waals surface area contributed by atoms with Gasteiger partial charge in [-0.15, -0.1) is 23.2 Å². The van der Waals surface area contributed by atoms with Crippen molar-refractivity contribution in [3.05, 3.63) is 0 Å². The van der Waals surface area contributed by atoms with Gasteiger partial charge in [0.1, 0.15) is 4.84 Å². The van der Waals surface area contributed by atoms with Crippen LogP contribution in [0.5, 0.6) is 0 Å². The minimum atomic E-state index is -0.896. The van der Waals surface area contributed by atoms with Crippen LogP contribution >= 0.6 is 23.2 Å². The molecule has 50 valence electrons. The molecule has 0 fully saturated rings. The SMILES string of the molecule is C[SiH](C)OCC(Cl)Cl. The highest BCUT2D eigenvalue weighted by Gasteiger charge is 1.99. The normalized spacial score (nSPS) is 11.2. The van der Waals surface area contributed by atoms with Crippen LogP contribution in [-0.2, 0) is 4.43 Å². The monoisotopic (exact) mass is 172 g/mol. The molecule has 8 heavy (non-hydrogen) atoms. The molecule has 0 amide bonds. The Kier molecular flexibility index (Phi) is 5.06. The molecule has 0 aromatic rings. The molecular formula is C4H10Cl2OSi. The van der Waals surface area contributed by atoms with Crippen molar-refractivity contribution >= 4 is 32.2 Å². The summed E-state index contributed by atoms with van der Waals surface area (Å²) in [5.41, 5.74) is 0. The fourth-order valence-corrected chi connectivity index (χ4v) is 1.23. The van der Waals surface area contributed by atoms with Crippen molar-refractivity contribution in [3.8, 4) is 0 Å². The summed E-state index contributed by atoms with van der Waals surface area (Å²) in [6.45, 7) is 4.64. The second kappa shape index (κ2) is 4.62. The minimum absolute atomic E-state index is 0.357. The van der Waals surface area contributed by atoms with Gasteiger partial charge in [0.05, 0.1) is 6.61 Å². The van der Waals surface area contributed by atoms with E-state index in [4.69, 9.17) is 27.6 Å². The molecule has 1 nitrogen and oxygen atoms in total. The Morgan fingerprint density at radius 1 is 1.50 bits per heavy atom. The van der Waals surface area contributed by atoms with E-state index in [1.165, 1.54) is 0 Å². The zero-order valence-electron chi connectivity index (χ0n) is 5.03. The maximum atomic E-state index is 5.38. The molecule has 0 unspecified atom stereocenters. The summed E-state index contributed by atoms with van der Waals surface area (Å²) in [7, 11) is -0.896. The van der Waals surface area contributed by atoms with Gasteiger partial charge in [-0.1, -0.05) is 0 Å². The second-order valence-electron chi connectivity index (χ2n) is 1.77. The summed E-state index contributed by atoms with van der Waals surface area (Å²) in [5, 5.41) is 0. The fourth-order valence-electron chi connectivity index (χ4n) is 0.265. The largest absolute Gasteiger partial charge is 0.418 e. The van der Waals surface area contributed by atoms with E-state index in [1.54, 1.807) is 0 Å². The number of halogens is 2. The first-order valence-electron chi connectivity index (χ1n) is 2.52. The lowest BCUT2D eigenvalue weighted by Gasteiger charge is -2.05. The average molecular weight is 173 g/mol. The van der Waals surface area contributed by atoms with E-state index in [0.717, 1.165) is 0 Å². The van der Waals surface area contributed by atoms with E-state index < -0.39 is 9.04 Å². The molecule has 0 radical (unpaired) electrons. The predicted octanol–water partition coefficient (Wildman–Crippen LogP) is 1.79. The van der Waals surface area contributed by atoms with Crippen LogP contribution in [0.25, 0.3) is 0 Å². The van der Waals surface area contributed by atoms with E-state index >= 15 is 0 Å². The van der Waals surface area contributed by atoms with E-state index in [9.17, 15) is 0 Å². The quantitative estimate of drug-likeness (QED) is 0.467. The molecule has 0 aliphatic heterocycles. The van der Waals surface area contributed by atoms with Gasteiger partial charge in [0, 0.05) is 0 Å². The first-order valence-corrected chi connectivity index (χ1v) is 6.18. The van der Waals surface area contributed by atoms with Crippen molar-refractivity contribution in [1.29, 1.82) is 0 Å². The summed E-state index contributed by atoms with van der Waals surface area (Å²) in [6.07, 6.45) is 0. The Bertz CT molecular complexity index is 50.0. The molecule has 0 rings (SSSR count). The Labute approximate surface area is 61.7 Å². The average Bonchev–Trinajstić information content (AvgIpc) is 1.61. The van der Waals surface area contributed by atoms with Crippen molar-refractivity contribution in [3.63, 3.8) is 0 Å². The third-order valence-corrected chi connectivity index (χ3v) is 1.67. The Balaban J connectivity index is 2.93. The molecule has 0 N–H and O–H groups in total. The van der Waals surface area contributed by atoms with Gasteiger partial charge in [0.25, 0.3) is 0 Å². The van der Waals surface area contributed by atoms with Crippen LogP contribution in [0.2, 0.25) is 13.1 Å². The zero-order valence-corrected chi connectivity index (χ0v) is 7.69. The van der Waals surface area contributed by atoms with Crippen LogP contribution in [0, 0.1) is 0 Å². The molecule has 0 saturated carbocycles. The summed E-state index contributed by atoms with van der Waals surface area (Å²) in [5.74, 6) is 0. The third kappa shape index (κ3) is 6.76. The van der Waals surface area contributed by atoms with Gasteiger partial charge < -0.3 is 4.43 Å². The smallest absolute Gasteiger partial charge is 0.171 e. The highest BCUT2D eigenvalue weighted by Crippen LogP contribution is 2.01. The molecule has 0 heterocycles. The second-order valence-corrected chi connectivity index (χ2v) is 5.48. The van der Waals surface area contributed by atoms with Gasteiger partial charge in [-0.25, -0.2) is 0 Å². The topological polar surface area (TPSA) is 9.23 Å². The molecule has 0 saturated heterocycles. The van der Waals surface area contributed by atoms with Crippen LogP contribution in [0.4, 0.5) is 0 Å². The summed E-state index contributed by atoms with van der Waals surface area (Å²) in [4.78, 5) is -0.357. The van der Waals surface area contributed by atoms with Crippen molar-refractivity contribution in [2.45, 2.75) is 17.9 Å². The molecular weight excluding hydrogens is 163 g/mol. The molecule has 0 bridgehead atoms. The number of alkyl halides is 2. The minimum Gasteiger partial charge on any atom is -0.418 e. The molecule has 0 aliphatic rings. The van der Waals surface area contributed by atoms with Crippen LogP contribution in [-0.4, -0.2) is 20.5 Å². The van der Waals surface area contributed by atoms with Crippen molar-refractivity contribution < 1.29 is 4.43 Å². The molecule has 0 aromatic carbocycles. The van der Waals surface area contributed by atoms with E-state index in [0.29, 0.717) is 6.61 Å². The Hall–Kier alpha value is 0.757.